The van der Waals surface area contributed by atoms with Crippen LogP contribution in [0, 0.1) is 0 Å². The third-order valence-corrected chi connectivity index (χ3v) is 3.39. The number of carbonyl (C=O) groups is 1. The van der Waals surface area contributed by atoms with Crippen LogP contribution in [0.4, 0.5) is 0 Å². The second kappa shape index (κ2) is 3.39. The van der Waals surface area contributed by atoms with Crippen molar-refractivity contribution in [3.05, 3.63) is 45.6 Å². The van der Waals surface area contributed by atoms with Gasteiger partial charge in [0.15, 0.2) is 4.96 Å². The van der Waals surface area contributed by atoms with Gasteiger partial charge in [-0.3, -0.25) is 9.20 Å². The molecule has 3 aromatic rings. The molecular formula is C11H6N2O3S. The van der Waals surface area contributed by atoms with Crippen LogP contribution in [-0.4, -0.2) is 20.5 Å². The standard InChI is InChI=1S/C11H6N2O3S/c14-9-5-8(10(15)16)17-11-12-6-3-1-2-4-7(6)13(9)11/h1-5H,(H,15,16). The SMILES string of the molecule is O=C(O)c1cc(=O)n2c(nc3ccccc32)s1. The van der Waals surface area contributed by atoms with Gasteiger partial charge in [-0.15, -0.1) is 0 Å². The quantitative estimate of drug-likeness (QED) is 0.708. The Kier molecular flexibility index (Phi) is 1.99. The summed E-state index contributed by atoms with van der Waals surface area (Å²) in [5.41, 5.74) is 1.01. The molecule has 0 aliphatic heterocycles. The zero-order valence-electron chi connectivity index (χ0n) is 8.45. The van der Waals surface area contributed by atoms with Crippen LogP contribution in [0.15, 0.2) is 35.1 Å². The molecule has 0 saturated carbocycles. The molecule has 0 radical (unpaired) electrons. The first-order valence-electron chi connectivity index (χ1n) is 4.81. The molecule has 0 aliphatic rings. The lowest BCUT2D eigenvalue weighted by atomic mass is 10.3. The number of fused-ring (bicyclic) bond motifs is 3. The molecule has 0 unspecified atom stereocenters. The third kappa shape index (κ3) is 1.42. The van der Waals surface area contributed by atoms with Gasteiger partial charge in [0.1, 0.15) is 4.88 Å². The molecule has 2 heterocycles. The minimum Gasteiger partial charge on any atom is -0.477 e. The molecule has 6 heteroatoms. The lowest BCUT2D eigenvalue weighted by Gasteiger charge is -1.95. The van der Waals surface area contributed by atoms with Crippen LogP contribution in [0.2, 0.25) is 0 Å². The first-order chi connectivity index (χ1) is 8.16. The molecule has 2 aromatic heterocycles. The predicted molar refractivity (Wildman–Crippen MR) is 63.8 cm³/mol. The summed E-state index contributed by atoms with van der Waals surface area (Å²) in [6, 6.07) is 8.32. The molecule has 0 saturated heterocycles. The van der Waals surface area contributed by atoms with Gasteiger partial charge in [0.05, 0.1) is 11.0 Å². The van der Waals surface area contributed by atoms with Crippen molar-refractivity contribution in [3.8, 4) is 0 Å². The van der Waals surface area contributed by atoms with Crippen LogP contribution in [0.5, 0.6) is 0 Å². The van der Waals surface area contributed by atoms with Crippen molar-refractivity contribution < 1.29 is 9.90 Å². The number of benzene rings is 1. The lowest BCUT2D eigenvalue weighted by Crippen LogP contribution is -2.12. The smallest absolute Gasteiger partial charge is 0.346 e. The number of nitrogens with zero attached hydrogens (tertiary/aromatic N) is 2. The van der Waals surface area contributed by atoms with Gasteiger partial charge < -0.3 is 5.11 Å². The van der Waals surface area contributed by atoms with E-state index in [4.69, 9.17) is 5.11 Å². The van der Waals surface area contributed by atoms with Crippen LogP contribution in [0.3, 0.4) is 0 Å². The van der Waals surface area contributed by atoms with Crippen molar-refractivity contribution in [2.24, 2.45) is 0 Å². The van der Waals surface area contributed by atoms with E-state index in [1.165, 1.54) is 4.40 Å². The van der Waals surface area contributed by atoms with Crippen LogP contribution >= 0.6 is 11.3 Å². The monoisotopic (exact) mass is 246 g/mol. The van der Waals surface area contributed by atoms with Gasteiger partial charge >= 0.3 is 5.97 Å². The fraction of sp³-hybridized carbons (Fsp3) is 0. The molecule has 0 fully saturated rings. The molecule has 3 rings (SSSR count). The van der Waals surface area contributed by atoms with E-state index in [1.807, 2.05) is 12.1 Å². The Morgan fingerprint density at radius 1 is 1.35 bits per heavy atom. The van der Waals surface area contributed by atoms with Crippen molar-refractivity contribution in [1.82, 2.24) is 9.38 Å². The Morgan fingerprint density at radius 2 is 2.12 bits per heavy atom. The molecule has 0 spiro atoms. The van der Waals surface area contributed by atoms with Gasteiger partial charge in [-0.25, -0.2) is 9.78 Å². The summed E-state index contributed by atoms with van der Waals surface area (Å²) < 4.78 is 1.42. The second-order valence-electron chi connectivity index (χ2n) is 3.47. The molecule has 17 heavy (non-hydrogen) atoms. The average Bonchev–Trinajstić information content (AvgIpc) is 2.67. The Hall–Kier alpha value is -2.21. The maximum absolute atomic E-state index is 11.8. The average molecular weight is 246 g/mol. The number of hydrogen-bond donors (Lipinski definition) is 1. The van der Waals surface area contributed by atoms with Crippen LogP contribution < -0.4 is 5.56 Å². The highest BCUT2D eigenvalue weighted by molar-refractivity contribution is 7.18. The molecule has 0 bridgehead atoms. The molecule has 84 valence electrons. The van der Waals surface area contributed by atoms with E-state index >= 15 is 0 Å². The van der Waals surface area contributed by atoms with Gasteiger partial charge in [0.25, 0.3) is 5.56 Å². The molecular weight excluding hydrogens is 240 g/mol. The number of carboxylic acids is 1. The zero-order chi connectivity index (χ0) is 12.0. The van der Waals surface area contributed by atoms with Crippen LogP contribution in [-0.2, 0) is 0 Å². The largest absolute Gasteiger partial charge is 0.477 e. The number of imidazole rings is 1. The van der Waals surface area contributed by atoms with Crippen molar-refractivity contribution in [2.45, 2.75) is 0 Å². The number of para-hydroxylation sites is 2. The van der Waals surface area contributed by atoms with Gasteiger partial charge in [-0.1, -0.05) is 23.5 Å². The molecule has 1 aromatic carbocycles. The topological polar surface area (TPSA) is 71.7 Å². The predicted octanol–water partition coefficient (Wildman–Crippen LogP) is 1.61. The summed E-state index contributed by atoms with van der Waals surface area (Å²) in [5, 5.41) is 8.88. The van der Waals surface area contributed by atoms with E-state index in [1.54, 1.807) is 12.1 Å². The zero-order valence-corrected chi connectivity index (χ0v) is 9.27. The molecule has 1 N–H and O–H groups in total. The summed E-state index contributed by atoms with van der Waals surface area (Å²) >= 11 is 0.987. The van der Waals surface area contributed by atoms with Crippen molar-refractivity contribution in [3.63, 3.8) is 0 Å². The minimum atomic E-state index is -1.11. The summed E-state index contributed by atoms with van der Waals surface area (Å²) in [6.45, 7) is 0. The van der Waals surface area contributed by atoms with Crippen molar-refractivity contribution >= 4 is 33.3 Å². The lowest BCUT2D eigenvalue weighted by molar-refractivity contribution is 0.0702. The van der Waals surface area contributed by atoms with E-state index in [0.29, 0.717) is 16.0 Å². The van der Waals surface area contributed by atoms with E-state index in [-0.39, 0.29) is 10.4 Å². The van der Waals surface area contributed by atoms with Gasteiger partial charge in [-0.2, -0.15) is 0 Å². The van der Waals surface area contributed by atoms with E-state index < -0.39 is 5.97 Å². The van der Waals surface area contributed by atoms with Gasteiger partial charge in [0, 0.05) is 6.07 Å². The van der Waals surface area contributed by atoms with E-state index in [9.17, 15) is 9.59 Å². The van der Waals surface area contributed by atoms with Gasteiger partial charge in [0.2, 0.25) is 0 Å². The highest BCUT2D eigenvalue weighted by Gasteiger charge is 2.12. The fourth-order valence-corrected chi connectivity index (χ4v) is 2.56. The van der Waals surface area contributed by atoms with Crippen LogP contribution in [0.25, 0.3) is 16.0 Å². The summed E-state index contributed by atoms with van der Waals surface area (Å²) in [6.07, 6.45) is 0. The fourth-order valence-electron chi connectivity index (χ4n) is 1.70. The first kappa shape index (κ1) is 9.98. The maximum atomic E-state index is 11.8. The highest BCUT2D eigenvalue weighted by atomic mass is 32.1. The summed E-state index contributed by atoms with van der Waals surface area (Å²) in [4.78, 5) is 27.3. The molecule has 0 atom stereocenters. The molecule has 5 nitrogen and oxygen atoms in total. The normalized spacial score (nSPS) is 11.1. The number of aromatic nitrogens is 2. The Balaban J connectivity index is 2.53. The minimum absolute atomic E-state index is 0.00203. The van der Waals surface area contributed by atoms with Gasteiger partial charge in [-0.05, 0) is 12.1 Å². The number of rotatable bonds is 1. The highest BCUT2D eigenvalue weighted by Crippen LogP contribution is 2.18. The first-order valence-corrected chi connectivity index (χ1v) is 5.63. The van der Waals surface area contributed by atoms with Crippen LogP contribution in [0.1, 0.15) is 9.67 Å². The second-order valence-corrected chi connectivity index (χ2v) is 4.48. The number of aromatic carboxylic acids is 1. The Morgan fingerprint density at radius 3 is 2.88 bits per heavy atom. The summed E-state index contributed by atoms with van der Waals surface area (Å²) in [5.74, 6) is -1.11. The Bertz CT molecular complexity index is 803. The van der Waals surface area contributed by atoms with E-state index in [2.05, 4.69) is 4.98 Å². The number of hydrogen-bond acceptors (Lipinski definition) is 4. The summed E-state index contributed by atoms with van der Waals surface area (Å²) in [7, 11) is 0. The van der Waals surface area contributed by atoms with Crippen molar-refractivity contribution in [1.29, 1.82) is 0 Å². The van der Waals surface area contributed by atoms with Crippen molar-refractivity contribution in [2.75, 3.05) is 0 Å². The third-order valence-electron chi connectivity index (χ3n) is 2.42. The number of carboxylic acid groups (broad SMARTS) is 1. The Labute approximate surface area is 98.6 Å². The molecule has 0 amide bonds. The molecule has 0 aliphatic carbocycles. The maximum Gasteiger partial charge on any atom is 0.346 e. The van der Waals surface area contributed by atoms with E-state index in [0.717, 1.165) is 17.4 Å².